The fourth-order valence-corrected chi connectivity index (χ4v) is 2.27. The minimum Gasteiger partial charge on any atom is -0.380 e. The Bertz CT molecular complexity index is 240. The van der Waals surface area contributed by atoms with Gasteiger partial charge < -0.3 is 21.1 Å². The van der Waals surface area contributed by atoms with Gasteiger partial charge >= 0.3 is 0 Å². The summed E-state index contributed by atoms with van der Waals surface area (Å²) >= 11 is 0. The van der Waals surface area contributed by atoms with Gasteiger partial charge in [-0.3, -0.25) is 4.79 Å². The van der Waals surface area contributed by atoms with Gasteiger partial charge in [0.15, 0.2) is 0 Å². The van der Waals surface area contributed by atoms with Crippen LogP contribution in [0.1, 0.15) is 32.6 Å². The number of hydrogen-bond donors (Lipinski definition) is 2. The maximum absolute atomic E-state index is 10.7. The van der Waals surface area contributed by atoms with Crippen molar-refractivity contribution >= 4 is 5.91 Å². The van der Waals surface area contributed by atoms with Crippen LogP contribution in [0, 0.1) is 5.92 Å². The minimum absolute atomic E-state index is 0.458. The number of rotatable bonds is 8. The highest BCUT2D eigenvalue weighted by Crippen LogP contribution is 2.19. The van der Waals surface area contributed by atoms with E-state index >= 15 is 0 Å². The van der Waals surface area contributed by atoms with Crippen molar-refractivity contribution in [1.29, 1.82) is 0 Å². The molecular formula is C13H27N3O2. The summed E-state index contributed by atoms with van der Waals surface area (Å²) in [5.74, 6) is 0.455. The summed E-state index contributed by atoms with van der Waals surface area (Å²) in [6.07, 6.45) is 4.43. The average Bonchev–Trinajstić information content (AvgIpc) is 2.38. The summed E-state index contributed by atoms with van der Waals surface area (Å²) in [5, 5.41) is 0. The number of nitrogens with two attached hydrogens (primary N) is 2. The number of piperidine rings is 1. The molecular weight excluding hydrogens is 230 g/mol. The molecule has 0 saturated carbocycles. The maximum atomic E-state index is 10.7. The van der Waals surface area contributed by atoms with E-state index in [0.717, 1.165) is 12.5 Å². The average molecular weight is 257 g/mol. The lowest BCUT2D eigenvalue weighted by Crippen LogP contribution is -2.38. The third-order valence-corrected chi connectivity index (χ3v) is 3.77. The van der Waals surface area contributed by atoms with Crippen LogP contribution in [-0.2, 0) is 9.53 Å². The molecule has 4 N–H and O–H groups in total. The molecule has 1 aliphatic rings. The number of carbonyl (C=O) groups excluding carboxylic acids is 1. The van der Waals surface area contributed by atoms with Gasteiger partial charge in [0.05, 0.1) is 12.6 Å². The number of carbonyl (C=O) groups is 1. The highest BCUT2D eigenvalue weighted by atomic mass is 16.5. The smallest absolute Gasteiger partial charge is 0.234 e. The van der Waals surface area contributed by atoms with E-state index in [2.05, 4.69) is 11.8 Å². The Morgan fingerprint density at radius 1 is 1.39 bits per heavy atom. The third-order valence-electron chi connectivity index (χ3n) is 3.77. The minimum atomic E-state index is -0.578. The molecule has 1 rings (SSSR count). The molecule has 0 aromatic heterocycles. The van der Waals surface area contributed by atoms with Gasteiger partial charge in [0.2, 0.25) is 5.91 Å². The molecule has 1 atom stereocenters. The molecule has 106 valence electrons. The van der Waals surface area contributed by atoms with E-state index in [0.29, 0.717) is 19.6 Å². The number of primary amides is 1. The van der Waals surface area contributed by atoms with Crippen LogP contribution < -0.4 is 11.5 Å². The second kappa shape index (κ2) is 8.45. The maximum Gasteiger partial charge on any atom is 0.234 e. The Morgan fingerprint density at radius 2 is 2.06 bits per heavy atom. The van der Waals surface area contributed by atoms with Crippen LogP contribution in [0.5, 0.6) is 0 Å². The first-order valence-electron chi connectivity index (χ1n) is 6.98. The van der Waals surface area contributed by atoms with E-state index in [9.17, 15) is 4.79 Å². The summed E-state index contributed by atoms with van der Waals surface area (Å²) in [7, 11) is 0. The molecule has 18 heavy (non-hydrogen) atoms. The van der Waals surface area contributed by atoms with E-state index in [-0.39, 0.29) is 0 Å². The van der Waals surface area contributed by atoms with Gasteiger partial charge in [-0.15, -0.1) is 0 Å². The second-order valence-corrected chi connectivity index (χ2v) is 5.10. The number of nitrogens with zero attached hydrogens (tertiary/aromatic N) is 1. The van der Waals surface area contributed by atoms with Crippen LogP contribution in [0.3, 0.4) is 0 Å². The Hall–Kier alpha value is -0.650. The SMILES string of the molecule is CCC1CCN(CCOCCC(N)C(N)=O)CC1. The molecule has 0 bridgehead atoms. The van der Waals surface area contributed by atoms with Gasteiger partial charge in [0.1, 0.15) is 0 Å². The first kappa shape index (κ1) is 15.4. The summed E-state index contributed by atoms with van der Waals surface area (Å²) in [4.78, 5) is 13.1. The molecule has 1 amide bonds. The monoisotopic (exact) mass is 257 g/mol. The summed E-state index contributed by atoms with van der Waals surface area (Å²) < 4.78 is 5.48. The van der Waals surface area contributed by atoms with E-state index in [4.69, 9.17) is 16.2 Å². The first-order chi connectivity index (χ1) is 8.63. The van der Waals surface area contributed by atoms with Crippen molar-refractivity contribution in [2.24, 2.45) is 17.4 Å². The van der Waals surface area contributed by atoms with Crippen LogP contribution in [0.25, 0.3) is 0 Å². The van der Waals surface area contributed by atoms with Gasteiger partial charge in [-0.2, -0.15) is 0 Å². The predicted octanol–water partition coefficient (Wildman–Crippen LogP) is 0.328. The number of ether oxygens (including phenoxy) is 1. The van der Waals surface area contributed by atoms with Crippen molar-refractivity contribution < 1.29 is 9.53 Å². The summed E-state index contributed by atoms with van der Waals surface area (Å²) in [6.45, 7) is 6.83. The quantitative estimate of drug-likeness (QED) is 0.614. The Kier molecular flexibility index (Phi) is 7.23. The van der Waals surface area contributed by atoms with Crippen molar-refractivity contribution in [2.45, 2.75) is 38.6 Å². The van der Waals surface area contributed by atoms with Crippen molar-refractivity contribution in [3.8, 4) is 0 Å². The van der Waals surface area contributed by atoms with Crippen LogP contribution in [-0.4, -0.2) is 49.7 Å². The molecule has 5 heteroatoms. The molecule has 0 aromatic carbocycles. The zero-order valence-electron chi connectivity index (χ0n) is 11.4. The lowest BCUT2D eigenvalue weighted by Gasteiger charge is -2.31. The van der Waals surface area contributed by atoms with Crippen molar-refractivity contribution in [2.75, 3.05) is 32.8 Å². The van der Waals surface area contributed by atoms with E-state index in [1.165, 1.54) is 32.4 Å². The van der Waals surface area contributed by atoms with Gasteiger partial charge in [-0.25, -0.2) is 0 Å². The lowest BCUT2D eigenvalue weighted by atomic mass is 9.94. The number of amides is 1. The van der Waals surface area contributed by atoms with Gasteiger partial charge in [-0.1, -0.05) is 13.3 Å². The highest BCUT2D eigenvalue weighted by Gasteiger charge is 2.17. The molecule has 5 nitrogen and oxygen atoms in total. The van der Waals surface area contributed by atoms with E-state index in [1.54, 1.807) is 0 Å². The predicted molar refractivity (Wildman–Crippen MR) is 72.1 cm³/mol. The Balaban J connectivity index is 1.97. The van der Waals surface area contributed by atoms with Crippen LogP contribution in [0.15, 0.2) is 0 Å². The topological polar surface area (TPSA) is 81.6 Å². The fraction of sp³-hybridized carbons (Fsp3) is 0.923. The molecule has 1 unspecified atom stereocenters. The van der Waals surface area contributed by atoms with Crippen molar-refractivity contribution in [3.05, 3.63) is 0 Å². The molecule has 1 heterocycles. The molecule has 1 fully saturated rings. The van der Waals surface area contributed by atoms with E-state index < -0.39 is 11.9 Å². The van der Waals surface area contributed by atoms with Crippen molar-refractivity contribution in [3.63, 3.8) is 0 Å². The lowest BCUT2D eigenvalue weighted by molar-refractivity contribution is -0.119. The summed E-state index contributed by atoms with van der Waals surface area (Å²) in [5.41, 5.74) is 10.6. The largest absolute Gasteiger partial charge is 0.380 e. The van der Waals surface area contributed by atoms with Crippen molar-refractivity contribution in [1.82, 2.24) is 4.90 Å². The zero-order valence-corrected chi connectivity index (χ0v) is 11.4. The zero-order chi connectivity index (χ0) is 13.4. The number of likely N-dealkylation sites (tertiary alicyclic amines) is 1. The van der Waals surface area contributed by atoms with Gasteiger partial charge in [-0.05, 0) is 38.3 Å². The van der Waals surface area contributed by atoms with Crippen LogP contribution in [0.2, 0.25) is 0 Å². The van der Waals surface area contributed by atoms with Gasteiger partial charge in [0.25, 0.3) is 0 Å². The molecule has 0 aliphatic carbocycles. The normalized spacial score (nSPS) is 19.9. The highest BCUT2D eigenvalue weighted by molar-refractivity contribution is 5.79. The standard InChI is InChI=1S/C13H27N3O2/c1-2-11-3-6-16(7-4-11)8-10-18-9-5-12(14)13(15)17/h11-12H,2-10,14H2,1H3,(H2,15,17). The molecule has 0 aromatic rings. The fourth-order valence-electron chi connectivity index (χ4n) is 2.27. The molecule has 0 radical (unpaired) electrons. The second-order valence-electron chi connectivity index (χ2n) is 5.10. The van der Waals surface area contributed by atoms with Gasteiger partial charge in [0, 0.05) is 13.2 Å². The molecule has 1 aliphatic heterocycles. The Morgan fingerprint density at radius 3 is 2.61 bits per heavy atom. The number of hydrogen-bond acceptors (Lipinski definition) is 4. The third kappa shape index (κ3) is 5.80. The molecule has 0 spiro atoms. The first-order valence-corrected chi connectivity index (χ1v) is 6.98. The van der Waals surface area contributed by atoms with Crippen LogP contribution >= 0.6 is 0 Å². The Labute approximate surface area is 110 Å². The van der Waals surface area contributed by atoms with Crippen LogP contribution in [0.4, 0.5) is 0 Å². The molecule has 1 saturated heterocycles. The summed E-state index contributed by atoms with van der Waals surface area (Å²) in [6, 6.07) is -0.578. The van der Waals surface area contributed by atoms with E-state index in [1.807, 2.05) is 0 Å².